The van der Waals surface area contributed by atoms with Crippen molar-refractivity contribution in [1.29, 1.82) is 0 Å². The van der Waals surface area contributed by atoms with Crippen molar-refractivity contribution in [2.75, 3.05) is 27.3 Å². The van der Waals surface area contributed by atoms with Gasteiger partial charge < -0.3 is 30.5 Å². The van der Waals surface area contributed by atoms with Crippen LogP contribution in [0.15, 0.2) is 48.7 Å². The number of aromatic nitrogens is 1. The van der Waals surface area contributed by atoms with Gasteiger partial charge in [-0.15, -0.1) is 0 Å². The van der Waals surface area contributed by atoms with E-state index in [0.29, 0.717) is 0 Å². The van der Waals surface area contributed by atoms with Gasteiger partial charge in [0.1, 0.15) is 12.1 Å². The number of ether oxygens (including phenoxy) is 2. The maximum Gasteiger partial charge on any atom is 0.407 e. The minimum absolute atomic E-state index is 0.0757. The molecule has 0 fully saturated rings. The van der Waals surface area contributed by atoms with Crippen LogP contribution in [0.3, 0.4) is 0 Å². The number of alkyl carbamates (subject to hydrolysis) is 2. The summed E-state index contributed by atoms with van der Waals surface area (Å²) in [6.07, 6.45) is -0.914. The number of amides is 4. The first-order valence-electron chi connectivity index (χ1n) is 14.3. The van der Waals surface area contributed by atoms with Crippen LogP contribution in [0, 0.1) is 10.8 Å². The molecular weight excluding hydrogens is 568 g/mol. The zero-order valence-corrected chi connectivity index (χ0v) is 26.8. The van der Waals surface area contributed by atoms with E-state index in [0.717, 1.165) is 16.8 Å². The monoisotopic (exact) mass is 614 g/mol. The number of nitrogens with zero attached hydrogens (tertiary/aromatic N) is 2. The Morgan fingerprint density at radius 3 is 1.86 bits per heavy atom. The molecule has 1 aromatic heterocycles. The van der Waals surface area contributed by atoms with Gasteiger partial charge in [-0.1, -0.05) is 71.9 Å². The number of hydrazine groups is 1. The average Bonchev–Trinajstić information content (AvgIpc) is 2.96. The first kappa shape index (κ1) is 36.0. The van der Waals surface area contributed by atoms with E-state index < -0.39 is 53.0 Å². The average molecular weight is 615 g/mol. The Balaban J connectivity index is 2.22. The Morgan fingerprint density at radius 1 is 0.841 bits per heavy atom. The van der Waals surface area contributed by atoms with Crippen LogP contribution in [0.25, 0.3) is 11.3 Å². The standard InChI is InChI=1S/C31H46N6O7/c1-30(2,3)24(34-28(41)43-7)26(39)33-17-22(38)19-37(36-27(40)25(31(4,5)6)35-29(42)44-8)18-20-12-14-21(15-13-20)23-11-9-10-16-32-23/h9-16,22,24-25,38H,17-19H2,1-8H3,(H,33,39)(H,34,41)(H,35,42)(H,36,40)/t22-,24?,25-/m1/s1. The fourth-order valence-corrected chi connectivity index (χ4v) is 4.25. The Hall–Kier alpha value is -4.23. The second-order valence-corrected chi connectivity index (χ2v) is 12.5. The summed E-state index contributed by atoms with van der Waals surface area (Å²) in [6.45, 7) is 10.7. The molecule has 0 saturated heterocycles. The maximum atomic E-state index is 13.4. The van der Waals surface area contributed by atoms with E-state index in [1.54, 1.807) is 47.7 Å². The number of benzene rings is 1. The molecule has 2 rings (SSSR count). The number of nitrogens with one attached hydrogen (secondary N) is 4. The van der Waals surface area contributed by atoms with Crippen molar-refractivity contribution in [1.82, 2.24) is 31.4 Å². The summed E-state index contributed by atoms with van der Waals surface area (Å²) in [4.78, 5) is 54.5. The van der Waals surface area contributed by atoms with Crippen LogP contribution in [0.1, 0.15) is 47.1 Å². The Kier molecular flexibility index (Phi) is 13.1. The number of pyridine rings is 1. The lowest BCUT2D eigenvalue weighted by Crippen LogP contribution is -2.58. The maximum absolute atomic E-state index is 13.4. The van der Waals surface area contributed by atoms with E-state index in [1.807, 2.05) is 42.5 Å². The minimum Gasteiger partial charge on any atom is -0.453 e. The van der Waals surface area contributed by atoms with Gasteiger partial charge in [0.05, 0.1) is 26.0 Å². The summed E-state index contributed by atoms with van der Waals surface area (Å²) in [5, 5.41) is 20.2. The first-order valence-corrected chi connectivity index (χ1v) is 14.3. The third kappa shape index (κ3) is 11.5. The molecule has 3 atom stereocenters. The second kappa shape index (κ2) is 16.0. The van der Waals surface area contributed by atoms with E-state index in [-0.39, 0.29) is 19.6 Å². The fourth-order valence-electron chi connectivity index (χ4n) is 4.25. The molecule has 1 heterocycles. The van der Waals surface area contributed by atoms with Gasteiger partial charge in [-0.2, -0.15) is 0 Å². The van der Waals surface area contributed by atoms with Crippen molar-refractivity contribution < 1.29 is 33.8 Å². The Labute approximate surface area is 259 Å². The molecule has 0 radical (unpaired) electrons. The Morgan fingerprint density at radius 2 is 1.39 bits per heavy atom. The third-order valence-corrected chi connectivity index (χ3v) is 6.65. The lowest BCUT2D eigenvalue weighted by atomic mass is 9.86. The molecule has 13 heteroatoms. The number of carbonyl (C=O) groups is 4. The van der Waals surface area contributed by atoms with Crippen LogP contribution in [0.2, 0.25) is 0 Å². The molecule has 1 aromatic carbocycles. The molecule has 0 spiro atoms. The third-order valence-electron chi connectivity index (χ3n) is 6.65. The number of methoxy groups -OCH3 is 2. The highest BCUT2D eigenvalue weighted by Gasteiger charge is 2.35. The summed E-state index contributed by atoms with van der Waals surface area (Å²) in [6, 6.07) is 11.3. The molecule has 2 aromatic rings. The van der Waals surface area contributed by atoms with Crippen molar-refractivity contribution in [3.63, 3.8) is 0 Å². The van der Waals surface area contributed by atoms with Crippen LogP contribution in [-0.4, -0.2) is 84.6 Å². The predicted molar refractivity (Wildman–Crippen MR) is 165 cm³/mol. The molecule has 0 bridgehead atoms. The molecule has 0 aliphatic rings. The van der Waals surface area contributed by atoms with E-state index in [1.165, 1.54) is 19.2 Å². The summed E-state index contributed by atoms with van der Waals surface area (Å²) in [5.74, 6) is -1.02. The molecule has 1 unspecified atom stereocenters. The highest BCUT2D eigenvalue weighted by Crippen LogP contribution is 2.21. The second-order valence-electron chi connectivity index (χ2n) is 12.5. The van der Waals surface area contributed by atoms with Gasteiger partial charge in [0.15, 0.2) is 0 Å². The SMILES string of the molecule is COC(=O)NC(C(=O)NC[C@@H](O)CN(Cc1ccc(-c2ccccn2)cc1)NC(=O)[C@@H](NC(=O)OC)C(C)(C)C)C(C)(C)C. The van der Waals surface area contributed by atoms with Crippen LogP contribution < -0.4 is 21.4 Å². The molecular formula is C31H46N6O7. The zero-order valence-electron chi connectivity index (χ0n) is 26.8. The van der Waals surface area contributed by atoms with Crippen LogP contribution in [0.4, 0.5) is 9.59 Å². The molecule has 0 saturated carbocycles. The summed E-state index contributed by atoms with van der Waals surface area (Å²) in [7, 11) is 2.42. The van der Waals surface area contributed by atoms with Gasteiger partial charge >= 0.3 is 12.2 Å². The topological polar surface area (TPSA) is 171 Å². The summed E-state index contributed by atoms with van der Waals surface area (Å²) < 4.78 is 9.35. The molecule has 0 aliphatic heterocycles. The Bertz CT molecular complexity index is 1240. The van der Waals surface area contributed by atoms with Crippen molar-refractivity contribution in [3.8, 4) is 11.3 Å². The fraction of sp³-hybridized carbons (Fsp3) is 0.516. The van der Waals surface area contributed by atoms with Crippen molar-refractivity contribution in [2.24, 2.45) is 10.8 Å². The molecule has 0 aliphatic carbocycles. The number of aliphatic hydroxyl groups excluding tert-OH is 1. The predicted octanol–water partition coefficient (Wildman–Crippen LogP) is 2.60. The number of carbonyl (C=O) groups excluding carboxylic acids is 4. The van der Waals surface area contributed by atoms with E-state index in [2.05, 4.69) is 31.1 Å². The molecule has 13 nitrogen and oxygen atoms in total. The van der Waals surface area contributed by atoms with Gasteiger partial charge in [0, 0.05) is 31.4 Å². The van der Waals surface area contributed by atoms with Gasteiger partial charge in [-0.3, -0.25) is 20.0 Å². The van der Waals surface area contributed by atoms with Gasteiger partial charge in [0.2, 0.25) is 5.91 Å². The first-order chi connectivity index (χ1) is 20.5. The zero-order chi connectivity index (χ0) is 33.1. The van der Waals surface area contributed by atoms with Crippen molar-refractivity contribution >= 4 is 24.0 Å². The number of hydrogen-bond acceptors (Lipinski definition) is 9. The molecule has 5 N–H and O–H groups in total. The van der Waals surface area contributed by atoms with Gasteiger partial charge in [-0.25, -0.2) is 14.6 Å². The highest BCUT2D eigenvalue weighted by molar-refractivity contribution is 5.87. The highest BCUT2D eigenvalue weighted by atomic mass is 16.5. The van der Waals surface area contributed by atoms with E-state index in [4.69, 9.17) is 4.74 Å². The van der Waals surface area contributed by atoms with Gasteiger partial charge in [0.25, 0.3) is 5.91 Å². The largest absolute Gasteiger partial charge is 0.453 e. The number of aliphatic hydroxyl groups is 1. The summed E-state index contributed by atoms with van der Waals surface area (Å²) >= 11 is 0. The molecule has 44 heavy (non-hydrogen) atoms. The molecule has 4 amide bonds. The van der Waals surface area contributed by atoms with E-state index >= 15 is 0 Å². The summed E-state index contributed by atoms with van der Waals surface area (Å²) in [5.41, 5.74) is 4.05. The minimum atomic E-state index is -1.12. The van der Waals surface area contributed by atoms with Crippen LogP contribution >= 0.6 is 0 Å². The smallest absolute Gasteiger partial charge is 0.407 e. The van der Waals surface area contributed by atoms with Gasteiger partial charge in [-0.05, 0) is 28.5 Å². The van der Waals surface area contributed by atoms with Crippen molar-refractivity contribution in [2.45, 2.75) is 66.3 Å². The van der Waals surface area contributed by atoms with Crippen LogP contribution in [0.5, 0.6) is 0 Å². The van der Waals surface area contributed by atoms with E-state index in [9.17, 15) is 24.3 Å². The molecule has 242 valence electrons. The lowest BCUT2D eigenvalue weighted by Gasteiger charge is -2.33. The lowest BCUT2D eigenvalue weighted by molar-refractivity contribution is -0.132. The number of rotatable bonds is 12. The van der Waals surface area contributed by atoms with Crippen LogP contribution in [-0.2, 0) is 25.6 Å². The normalized spacial score (nSPS) is 13.7. The number of hydrogen-bond donors (Lipinski definition) is 5. The van der Waals surface area contributed by atoms with Crippen molar-refractivity contribution in [3.05, 3.63) is 54.2 Å². The quantitative estimate of drug-likeness (QED) is 0.225.